The molecule has 0 bridgehead atoms. The number of carboxylic acids is 1. The van der Waals surface area contributed by atoms with Crippen molar-refractivity contribution in [1.82, 2.24) is 5.32 Å². The normalized spacial score (nSPS) is 11.4. The van der Waals surface area contributed by atoms with Crippen molar-refractivity contribution in [2.45, 2.75) is 45.9 Å². The number of esters is 1. The molecule has 3 rings (SSSR count). The minimum absolute atomic E-state index is 0.109. The molecule has 2 N–H and O–H groups in total. The van der Waals surface area contributed by atoms with Gasteiger partial charge in [-0.1, -0.05) is 80.6 Å². The standard InChI is InChI=1S/C30H33NO7/c1-21(2)18-37-27(32)17-16-25(30(34)35)31-29(33)24-14-9-15-26(36-19-22-10-5-3-6-11-22)28(24)38-20-23-12-7-4-8-13-23/h3-15,21,25H,16-20H2,1-2H3,(H,31,33)(H,34,35). The van der Waals surface area contributed by atoms with Gasteiger partial charge in [0, 0.05) is 6.42 Å². The first-order chi connectivity index (χ1) is 18.3. The van der Waals surface area contributed by atoms with E-state index in [4.69, 9.17) is 14.2 Å². The highest BCUT2D eigenvalue weighted by molar-refractivity contribution is 5.99. The molecule has 1 unspecified atom stereocenters. The summed E-state index contributed by atoms with van der Waals surface area (Å²) in [5, 5.41) is 12.2. The van der Waals surface area contributed by atoms with Crippen LogP contribution >= 0.6 is 0 Å². The molecule has 0 fully saturated rings. The summed E-state index contributed by atoms with van der Waals surface area (Å²) in [6.45, 7) is 4.49. The molecule has 200 valence electrons. The Morgan fingerprint density at radius 3 is 2.00 bits per heavy atom. The van der Waals surface area contributed by atoms with Crippen LogP contribution in [0.25, 0.3) is 0 Å². The average Bonchev–Trinajstić information content (AvgIpc) is 2.92. The number of aliphatic carboxylic acids is 1. The monoisotopic (exact) mass is 519 g/mol. The lowest BCUT2D eigenvalue weighted by Crippen LogP contribution is -2.41. The number of benzene rings is 3. The number of hydrogen-bond acceptors (Lipinski definition) is 6. The lowest BCUT2D eigenvalue weighted by Gasteiger charge is -2.19. The number of ether oxygens (including phenoxy) is 3. The minimum atomic E-state index is -1.29. The molecule has 3 aromatic rings. The van der Waals surface area contributed by atoms with Crippen LogP contribution in [0.4, 0.5) is 0 Å². The SMILES string of the molecule is CC(C)COC(=O)CCC(NC(=O)c1cccc(OCc2ccccc2)c1OCc1ccccc1)C(=O)O. The molecule has 3 aromatic carbocycles. The summed E-state index contributed by atoms with van der Waals surface area (Å²) in [6.07, 6.45) is -0.246. The number of para-hydroxylation sites is 1. The molecule has 0 saturated heterocycles. The quantitative estimate of drug-likeness (QED) is 0.288. The van der Waals surface area contributed by atoms with Gasteiger partial charge >= 0.3 is 11.9 Å². The zero-order valence-corrected chi connectivity index (χ0v) is 21.6. The molecule has 38 heavy (non-hydrogen) atoms. The predicted molar refractivity (Wildman–Crippen MR) is 142 cm³/mol. The van der Waals surface area contributed by atoms with Crippen molar-refractivity contribution < 1.29 is 33.7 Å². The van der Waals surface area contributed by atoms with E-state index in [1.54, 1.807) is 18.2 Å². The number of carboxylic acid groups (broad SMARTS) is 1. The van der Waals surface area contributed by atoms with Gasteiger partial charge in [0.05, 0.1) is 12.2 Å². The molecular formula is C30H33NO7. The first kappa shape index (κ1) is 28.2. The molecule has 0 aromatic heterocycles. The lowest BCUT2D eigenvalue weighted by molar-refractivity contribution is -0.145. The maximum atomic E-state index is 13.3. The van der Waals surface area contributed by atoms with Crippen molar-refractivity contribution in [3.63, 3.8) is 0 Å². The Morgan fingerprint density at radius 2 is 1.42 bits per heavy atom. The summed E-state index contributed by atoms with van der Waals surface area (Å²) in [7, 11) is 0. The average molecular weight is 520 g/mol. The highest BCUT2D eigenvalue weighted by atomic mass is 16.5. The van der Waals surface area contributed by atoms with Gasteiger partial charge in [-0.3, -0.25) is 9.59 Å². The van der Waals surface area contributed by atoms with Crippen LogP contribution in [0.1, 0.15) is 48.2 Å². The Labute approximate surface area is 222 Å². The fraction of sp³-hybridized carbons (Fsp3) is 0.300. The lowest BCUT2D eigenvalue weighted by atomic mass is 10.1. The molecule has 0 aliphatic carbocycles. The van der Waals surface area contributed by atoms with Crippen molar-refractivity contribution in [2.24, 2.45) is 5.92 Å². The maximum absolute atomic E-state index is 13.3. The molecule has 8 heteroatoms. The number of rotatable bonds is 14. The molecule has 1 amide bonds. The number of amides is 1. The van der Waals surface area contributed by atoms with Gasteiger partial charge in [0.15, 0.2) is 11.5 Å². The second-order valence-electron chi connectivity index (χ2n) is 9.16. The van der Waals surface area contributed by atoms with Crippen LogP contribution in [0.15, 0.2) is 78.9 Å². The Morgan fingerprint density at radius 1 is 0.816 bits per heavy atom. The first-order valence-corrected chi connectivity index (χ1v) is 12.5. The van der Waals surface area contributed by atoms with Crippen LogP contribution in [0.3, 0.4) is 0 Å². The maximum Gasteiger partial charge on any atom is 0.326 e. The van der Waals surface area contributed by atoms with Crippen LogP contribution in [-0.4, -0.2) is 35.6 Å². The van der Waals surface area contributed by atoms with Crippen molar-refractivity contribution in [1.29, 1.82) is 0 Å². The molecule has 1 atom stereocenters. The van der Waals surface area contributed by atoms with Gasteiger partial charge in [0.1, 0.15) is 19.3 Å². The second kappa shape index (κ2) is 14.4. The molecule has 0 saturated carbocycles. The summed E-state index contributed by atoms with van der Waals surface area (Å²) >= 11 is 0. The third kappa shape index (κ3) is 8.96. The van der Waals surface area contributed by atoms with E-state index in [2.05, 4.69) is 5.32 Å². The van der Waals surface area contributed by atoms with Crippen molar-refractivity contribution in [3.8, 4) is 11.5 Å². The zero-order chi connectivity index (χ0) is 27.3. The number of carbonyl (C=O) groups is 3. The highest BCUT2D eigenvalue weighted by Gasteiger charge is 2.25. The Bertz CT molecular complexity index is 1200. The highest BCUT2D eigenvalue weighted by Crippen LogP contribution is 2.33. The molecule has 0 spiro atoms. The van der Waals surface area contributed by atoms with Crippen LogP contribution in [0, 0.1) is 5.92 Å². The summed E-state index contributed by atoms with van der Waals surface area (Å²) in [6, 6.07) is 22.6. The van der Waals surface area contributed by atoms with Gasteiger partial charge < -0.3 is 24.6 Å². The summed E-state index contributed by atoms with van der Waals surface area (Å²) < 4.78 is 17.2. The summed E-state index contributed by atoms with van der Waals surface area (Å²) in [5.74, 6) is -1.70. The van der Waals surface area contributed by atoms with Gasteiger partial charge in [-0.15, -0.1) is 0 Å². The third-order valence-electron chi connectivity index (χ3n) is 5.50. The zero-order valence-electron chi connectivity index (χ0n) is 21.6. The van der Waals surface area contributed by atoms with E-state index in [9.17, 15) is 19.5 Å². The van der Waals surface area contributed by atoms with E-state index < -0.39 is 23.9 Å². The fourth-order valence-electron chi connectivity index (χ4n) is 3.51. The van der Waals surface area contributed by atoms with E-state index in [0.717, 1.165) is 11.1 Å². The Kier molecular flexibility index (Phi) is 10.7. The van der Waals surface area contributed by atoms with Crippen molar-refractivity contribution in [2.75, 3.05) is 6.61 Å². The van der Waals surface area contributed by atoms with Crippen molar-refractivity contribution in [3.05, 3.63) is 95.6 Å². The van der Waals surface area contributed by atoms with Gasteiger partial charge in [-0.2, -0.15) is 0 Å². The van der Waals surface area contributed by atoms with Crippen molar-refractivity contribution >= 4 is 17.8 Å². The van der Waals surface area contributed by atoms with Gasteiger partial charge in [-0.25, -0.2) is 4.79 Å². The third-order valence-corrected chi connectivity index (χ3v) is 5.50. The van der Waals surface area contributed by atoms with E-state index in [1.165, 1.54) is 0 Å². The molecule has 0 aliphatic heterocycles. The van der Waals surface area contributed by atoms with Crippen LogP contribution in [-0.2, 0) is 27.5 Å². The topological polar surface area (TPSA) is 111 Å². The van der Waals surface area contributed by atoms with Crippen LogP contribution in [0.5, 0.6) is 11.5 Å². The van der Waals surface area contributed by atoms with E-state index >= 15 is 0 Å². The molecule has 0 heterocycles. The van der Waals surface area contributed by atoms with Gasteiger partial charge in [-0.05, 0) is 35.6 Å². The number of hydrogen-bond donors (Lipinski definition) is 2. The molecule has 0 aliphatic rings. The minimum Gasteiger partial charge on any atom is -0.485 e. The second-order valence-corrected chi connectivity index (χ2v) is 9.16. The summed E-state index contributed by atoms with van der Waals surface area (Å²) in [4.78, 5) is 37.1. The summed E-state index contributed by atoms with van der Waals surface area (Å²) in [5.41, 5.74) is 1.95. The van der Waals surface area contributed by atoms with Gasteiger partial charge in [0.2, 0.25) is 0 Å². The molecule has 0 radical (unpaired) electrons. The fourth-order valence-corrected chi connectivity index (χ4v) is 3.51. The smallest absolute Gasteiger partial charge is 0.326 e. The number of carbonyl (C=O) groups excluding carboxylic acids is 2. The van der Waals surface area contributed by atoms with Gasteiger partial charge in [0.25, 0.3) is 5.91 Å². The molecular weight excluding hydrogens is 486 g/mol. The van der Waals surface area contributed by atoms with Crippen LogP contribution < -0.4 is 14.8 Å². The first-order valence-electron chi connectivity index (χ1n) is 12.5. The largest absolute Gasteiger partial charge is 0.485 e. The van der Waals surface area contributed by atoms with E-state index in [-0.39, 0.29) is 49.9 Å². The number of nitrogens with one attached hydrogen (secondary N) is 1. The predicted octanol–water partition coefficient (Wildman–Crippen LogP) is 5.01. The van der Waals surface area contributed by atoms with E-state index in [0.29, 0.717) is 5.75 Å². The van der Waals surface area contributed by atoms with Crippen LogP contribution in [0.2, 0.25) is 0 Å². The molecule has 8 nitrogen and oxygen atoms in total. The van der Waals surface area contributed by atoms with E-state index in [1.807, 2.05) is 74.5 Å². The Balaban J connectivity index is 1.77. The Hall–Kier alpha value is -4.33.